The topological polar surface area (TPSA) is 15.3 Å². The minimum atomic E-state index is 0.669. The summed E-state index contributed by atoms with van der Waals surface area (Å²) < 4.78 is 0. The van der Waals surface area contributed by atoms with Crippen LogP contribution in [-0.2, 0) is 6.54 Å². The summed E-state index contributed by atoms with van der Waals surface area (Å²) >= 11 is 0. The summed E-state index contributed by atoms with van der Waals surface area (Å²) in [5, 5.41) is 3.58. The van der Waals surface area contributed by atoms with Gasteiger partial charge in [-0.15, -0.1) is 0 Å². The van der Waals surface area contributed by atoms with E-state index < -0.39 is 0 Å². The Labute approximate surface area is 117 Å². The normalized spacial score (nSPS) is 32.0. The van der Waals surface area contributed by atoms with E-state index in [0.29, 0.717) is 5.92 Å². The third kappa shape index (κ3) is 3.01. The van der Waals surface area contributed by atoms with Crippen LogP contribution in [0.25, 0.3) is 0 Å². The molecule has 2 nitrogen and oxygen atoms in total. The predicted octanol–water partition coefficient (Wildman–Crippen LogP) is 2.85. The van der Waals surface area contributed by atoms with Gasteiger partial charge in [-0.3, -0.25) is 0 Å². The Kier molecular flexibility index (Phi) is 3.90. The molecule has 3 atom stereocenters. The molecule has 0 bridgehead atoms. The number of rotatable bonds is 2. The predicted molar refractivity (Wildman–Crippen MR) is 80.3 cm³/mol. The van der Waals surface area contributed by atoms with Crippen LogP contribution in [-0.4, -0.2) is 31.1 Å². The molecule has 2 heterocycles. The highest BCUT2D eigenvalue weighted by molar-refractivity contribution is 5.32. The summed E-state index contributed by atoms with van der Waals surface area (Å²) in [7, 11) is 0. The molecule has 2 heteroatoms. The van der Waals surface area contributed by atoms with Gasteiger partial charge in [0.1, 0.15) is 0 Å². The molecule has 2 aliphatic rings. The van der Waals surface area contributed by atoms with Crippen LogP contribution in [0.15, 0.2) is 24.3 Å². The summed E-state index contributed by atoms with van der Waals surface area (Å²) in [6.07, 6.45) is 1.40. The number of fused-ring (bicyclic) bond motifs is 1. The maximum atomic E-state index is 3.58. The highest BCUT2D eigenvalue weighted by Crippen LogP contribution is 2.27. The van der Waals surface area contributed by atoms with Crippen molar-refractivity contribution in [2.24, 2.45) is 11.8 Å². The molecule has 0 amide bonds. The van der Waals surface area contributed by atoms with Gasteiger partial charge < -0.3 is 10.2 Å². The Morgan fingerprint density at radius 1 is 1.16 bits per heavy atom. The molecule has 1 aromatic rings. The van der Waals surface area contributed by atoms with Gasteiger partial charge in [-0.2, -0.15) is 0 Å². The van der Waals surface area contributed by atoms with Crippen molar-refractivity contribution in [3.8, 4) is 0 Å². The monoisotopic (exact) mass is 258 g/mol. The molecule has 3 rings (SSSR count). The summed E-state index contributed by atoms with van der Waals surface area (Å²) in [6.45, 7) is 10.8. The van der Waals surface area contributed by atoms with Gasteiger partial charge in [0.2, 0.25) is 0 Å². The van der Waals surface area contributed by atoms with Crippen LogP contribution in [0.4, 0.5) is 0 Å². The molecule has 1 saturated heterocycles. The average Bonchev–Trinajstić information content (AvgIpc) is 2.38. The van der Waals surface area contributed by atoms with Crippen LogP contribution < -0.4 is 5.32 Å². The smallest absolute Gasteiger partial charge is 0.0208 e. The second-order valence-corrected chi connectivity index (χ2v) is 6.69. The Balaban J connectivity index is 1.70. The molecule has 0 spiro atoms. The maximum absolute atomic E-state index is 3.58. The minimum Gasteiger partial charge on any atom is -0.312 e. The Morgan fingerprint density at radius 3 is 2.68 bits per heavy atom. The Hall–Kier alpha value is -0.860. The Bertz CT molecular complexity index is 419. The van der Waals surface area contributed by atoms with Gasteiger partial charge in [-0.1, -0.05) is 38.1 Å². The number of nitrogens with one attached hydrogen (secondary N) is 1. The number of likely N-dealkylation sites (tertiary alicyclic amines) is 1. The fourth-order valence-corrected chi connectivity index (χ4v) is 4.00. The largest absolute Gasteiger partial charge is 0.312 e. The quantitative estimate of drug-likeness (QED) is 0.877. The van der Waals surface area contributed by atoms with Crippen molar-refractivity contribution in [3.05, 3.63) is 35.4 Å². The molecule has 0 radical (unpaired) electrons. The minimum absolute atomic E-state index is 0.669. The van der Waals surface area contributed by atoms with Crippen molar-refractivity contribution in [1.82, 2.24) is 10.2 Å². The van der Waals surface area contributed by atoms with E-state index in [9.17, 15) is 0 Å². The molecule has 0 saturated carbocycles. The molecule has 104 valence electrons. The van der Waals surface area contributed by atoms with Gasteiger partial charge in [-0.05, 0) is 29.4 Å². The van der Waals surface area contributed by atoms with E-state index in [0.717, 1.165) is 24.9 Å². The lowest BCUT2D eigenvalue weighted by Gasteiger charge is -2.38. The standard InChI is InChI=1S/C17H26N2/c1-13-7-14(2)11-19(10-13)12-16-9-18-8-15-5-3-4-6-17(15)16/h3-6,13-14,16,18H,7-12H2,1-2H3. The number of nitrogens with zero attached hydrogens (tertiary/aromatic N) is 1. The zero-order valence-electron chi connectivity index (χ0n) is 12.2. The highest BCUT2D eigenvalue weighted by atomic mass is 15.1. The van der Waals surface area contributed by atoms with Crippen LogP contribution >= 0.6 is 0 Å². The van der Waals surface area contributed by atoms with Gasteiger partial charge in [0.25, 0.3) is 0 Å². The molecule has 1 fully saturated rings. The molecular formula is C17H26N2. The summed E-state index contributed by atoms with van der Waals surface area (Å²) in [5.41, 5.74) is 3.07. The van der Waals surface area contributed by atoms with Gasteiger partial charge in [0, 0.05) is 38.6 Å². The van der Waals surface area contributed by atoms with Crippen molar-refractivity contribution in [1.29, 1.82) is 0 Å². The van der Waals surface area contributed by atoms with E-state index in [1.54, 1.807) is 5.56 Å². The molecule has 0 aromatic heterocycles. The first-order valence-electron chi connectivity index (χ1n) is 7.73. The lowest BCUT2D eigenvalue weighted by atomic mass is 9.87. The zero-order valence-corrected chi connectivity index (χ0v) is 12.2. The molecule has 3 unspecified atom stereocenters. The van der Waals surface area contributed by atoms with E-state index in [4.69, 9.17) is 0 Å². The van der Waals surface area contributed by atoms with Crippen molar-refractivity contribution >= 4 is 0 Å². The lowest BCUT2D eigenvalue weighted by molar-refractivity contribution is 0.132. The first kappa shape index (κ1) is 13.1. The summed E-state index contributed by atoms with van der Waals surface area (Å²) in [5.74, 6) is 2.38. The van der Waals surface area contributed by atoms with Crippen LogP contribution in [0.3, 0.4) is 0 Å². The average molecular weight is 258 g/mol. The second kappa shape index (κ2) is 5.64. The van der Waals surface area contributed by atoms with Crippen LogP contribution in [0.2, 0.25) is 0 Å². The van der Waals surface area contributed by atoms with Crippen LogP contribution in [0.5, 0.6) is 0 Å². The molecule has 1 aromatic carbocycles. The highest BCUT2D eigenvalue weighted by Gasteiger charge is 2.26. The fraction of sp³-hybridized carbons (Fsp3) is 0.647. The Morgan fingerprint density at radius 2 is 1.89 bits per heavy atom. The first-order valence-corrected chi connectivity index (χ1v) is 7.73. The molecule has 0 aliphatic carbocycles. The van der Waals surface area contributed by atoms with Crippen molar-refractivity contribution in [2.75, 3.05) is 26.2 Å². The van der Waals surface area contributed by atoms with E-state index in [2.05, 4.69) is 48.3 Å². The zero-order chi connectivity index (χ0) is 13.2. The maximum Gasteiger partial charge on any atom is 0.0208 e. The molecule has 19 heavy (non-hydrogen) atoms. The second-order valence-electron chi connectivity index (χ2n) is 6.69. The van der Waals surface area contributed by atoms with Crippen LogP contribution in [0.1, 0.15) is 37.3 Å². The van der Waals surface area contributed by atoms with Gasteiger partial charge in [0.15, 0.2) is 0 Å². The van der Waals surface area contributed by atoms with Gasteiger partial charge in [-0.25, -0.2) is 0 Å². The van der Waals surface area contributed by atoms with Crippen molar-refractivity contribution < 1.29 is 0 Å². The molecule has 1 N–H and O–H groups in total. The fourth-order valence-electron chi connectivity index (χ4n) is 4.00. The van der Waals surface area contributed by atoms with Crippen LogP contribution in [0, 0.1) is 11.8 Å². The van der Waals surface area contributed by atoms with E-state index in [-0.39, 0.29) is 0 Å². The van der Waals surface area contributed by atoms with Gasteiger partial charge in [0.05, 0.1) is 0 Å². The summed E-state index contributed by atoms with van der Waals surface area (Å²) in [4.78, 5) is 2.69. The van der Waals surface area contributed by atoms with E-state index in [1.807, 2.05) is 0 Å². The number of piperidine rings is 1. The SMILES string of the molecule is CC1CC(C)CN(CC2CNCc3ccccc32)C1. The lowest BCUT2D eigenvalue weighted by Crippen LogP contribution is -2.43. The summed E-state index contributed by atoms with van der Waals surface area (Å²) in [6, 6.07) is 8.96. The number of benzene rings is 1. The third-order valence-electron chi connectivity index (χ3n) is 4.62. The first-order chi connectivity index (χ1) is 9.22. The molecular weight excluding hydrogens is 232 g/mol. The van der Waals surface area contributed by atoms with E-state index >= 15 is 0 Å². The van der Waals surface area contributed by atoms with Gasteiger partial charge >= 0.3 is 0 Å². The van der Waals surface area contributed by atoms with Crippen molar-refractivity contribution in [3.63, 3.8) is 0 Å². The third-order valence-corrected chi connectivity index (χ3v) is 4.62. The van der Waals surface area contributed by atoms with E-state index in [1.165, 1.54) is 31.6 Å². The number of hydrogen-bond acceptors (Lipinski definition) is 2. The number of hydrogen-bond donors (Lipinski definition) is 1. The van der Waals surface area contributed by atoms with Crippen molar-refractivity contribution in [2.45, 2.75) is 32.7 Å². The molecule has 2 aliphatic heterocycles.